The summed E-state index contributed by atoms with van der Waals surface area (Å²) in [5, 5.41) is 16.3. The van der Waals surface area contributed by atoms with Crippen molar-refractivity contribution in [1.29, 1.82) is 0 Å². The zero-order valence-corrected chi connectivity index (χ0v) is 12.6. The van der Waals surface area contributed by atoms with Crippen LogP contribution in [0.3, 0.4) is 0 Å². The number of hydrogen-bond donors (Lipinski definition) is 1. The van der Waals surface area contributed by atoms with E-state index in [0.717, 1.165) is 0 Å². The molecule has 1 heterocycles. The highest BCUT2D eigenvalue weighted by molar-refractivity contribution is 5.91. The normalized spacial score (nSPS) is 10.5. The second-order valence-corrected chi connectivity index (χ2v) is 5.16. The minimum absolute atomic E-state index is 0.00385. The summed E-state index contributed by atoms with van der Waals surface area (Å²) in [4.78, 5) is 24.0. The van der Waals surface area contributed by atoms with E-state index in [1.165, 1.54) is 27.9 Å². The average molecular weight is 320 g/mol. The van der Waals surface area contributed by atoms with Crippen LogP contribution >= 0.6 is 0 Å². The number of aromatic nitrogens is 3. The largest absolute Gasteiger partial charge is 0.481 e. The first-order valence-electron chi connectivity index (χ1n) is 7.07. The molecule has 0 atom stereocenters. The quantitative estimate of drug-likeness (QED) is 0.833. The molecule has 0 bridgehead atoms. The van der Waals surface area contributed by atoms with Crippen LogP contribution < -0.4 is 0 Å². The van der Waals surface area contributed by atoms with Gasteiger partial charge in [0, 0.05) is 20.0 Å². The third-order valence-corrected chi connectivity index (χ3v) is 3.22. The standard InChI is InChI=1S/C15H17FN4O3/c1-19(7-3-6-14(21)22)15(23)13-10-20(18-17-13)9-11-4-2-5-12(16)8-11/h2,4-5,8,10H,3,6-7,9H2,1H3,(H,21,22). The van der Waals surface area contributed by atoms with Crippen LogP contribution in [0.2, 0.25) is 0 Å². The van der Waals surface area contributed by atoms with Crippen molar-refractivity contribution in [3.05, 3.63) is 47.5 Å². The van der Waals surface area contributed by atoms with E-state index >= 15 is 0 Å². The van der Waals surface area contributed by atoms with E-state index in [2.05, 4.69) is 10.3 Å². The van der Waals surface area contributed by atoms with Gasteiger partial charge in [-0.2, -0.15) is 0 Å². The molecule has 0 spiro atoms. The van der Waals surface area contributed by atoms with Crippen molar-refractivity contribution < 1.29 is 19.1 Å². The van der Waals surface area contributed by atoms with Crippen LogP contribution in [0.4, 0.5) is 4.39 Å². The number of benzene rings is 1. The molecule has 1 N–H and O–H groups in total. The third kappa shape index (κ3) is 4.87. The Morgan fingerprint density at radius 2 is 2.17 bits per heavy atom. The van der Waals surface area contributed by atoms with E-state index < -0.39 is 5.97 Å². The van der Waals surface area contributed by atoms with E-state index in [0.29, 0.717) is 25.1 Å². The fourth-order valence-corrected chi connectivity index (χ4v) is 2.06. The van der Waals surface area contributed by atoms with E-state index in [-0.39, 0.29) is 23.8 Å². The summed E-state index contributed by atoms with van der Waals surface area (Å²) in [7, 11) is 1.58. The van der Waals surface area contributed by atoms with Crippen LogP contribution in [0.1, 0.15) is 28.9 Å². The average Bonchev–Trinajstić information content (AvgIpc) is 2.94. The molecular weight excluding hydrogens is 303 g/mol. The lowest BCUT2D eigenvalue weighted by molar-refractivity contribution is -0.137. The van der Waals surface area contributed by atoms with Crippen LogP contribution in [0.15, 0.2) is 30.5 Å². The number of carboxylic acids is 1. The predicted octanol–water partition coefficient (Wildman–Crippen LogP) is 1.40. The first kappa shape index (κ1) is 16.6. The minimum atomic E-state index is -0.896. The summed E-state index contributed by atoms with van der Waals surface area (Å²) < 4.78 is 14.6. The van der Waals surface area contributed by atoms with Crippen LogP contribution in [0.25, 0.3) is 0 Å². The molecular formula is C15H17FN4O3. The summed E-state index contributed by atoms with van der Waals surface area (Å²) in [5.74, 6) is -1.56. The number of halogens is 1. The first-order valence-corrected chi connectivity index (χ1v) is 7.07. The lowest BCUT2D eigenvalue weighted by Gasteiger charge is -2.14. The van der Waals surface area contributed by atoms with Gasteiger partial charge in [-0.15, -0.1) is 5.10 Å². The van der Waals surface area contributed by atoms with Gasteiger partial charge in [-0.05, 0) is 24.1 Å². The Kier molecular flexibility index (Phi) is 5.40. The summed E-state index contributed by atoms with van der Waals surface area (Å²) in [6.07, 6.45) is 1.86. The smallest absolute Gasteiger partial charge is 0.303 e. The molecule has 0 unspecified atom stereocenters. The number of hydrogen-bond acceptors (Lipinski definition) is 4. The molecule has 2 rings (SSSR count). The fourth-order valence-electron chi connectivity index (χ4n) is 2.06. The van der Waals surface area contributed by atoms with Crippen LogP contribution in [0.5, 0.6) is 0 Å². The SMILES string of the molecule is CN(CCCC(=O)O)C(=O)c1cn(Cc2cccc(F)c2)nn1. The number of nitrogens with zero attached hydrogens (tertiary/aromatic N) is 4. The maximum atomic E-state index is 13.1. The van der Waals surface area contributed by atoms with Gasteiger partial charge in [0.05, 0.1) is 12.7 Å². The molecule has 0 aliphatic carbocycles. The van der Waals surface area contributed by atoms with Crippen LogP contribution in [0, 0.1) is 5.82 Å². The molecule has 2 aromatic rings. The van der Waals surface area contributed by atoms with Crippen molar-refractivity contribution >= 4 is 11.9 Å². The summed E-state index contributed by atoms with van der Waals surface area (Å²) in [6, 6.07) is 6.10. The minimum Gasteiger partial charge on any atom is -0.481 e. The Balaban J connectivity index is 1.95. The van der Waals surface area contributed by atoms with E-state index in [4.69, 9.17) is 5.11 Å². The highest BCUT2D eigenvalue weighted by Crippen LogP contribution is 2.07. The van der Waals surface area contributed by atoms with Gasteiger partial charge in [-0.1, -0.05) is 17.3 Å². The Labute approximate surface area is 132 Å². The third-order valence-electron chi connectivity index (χ3n) is 3.22. The molecule has 8 heteroatoms. The Morgan fingerprint density at radius 3 is 2.87 bits per heavy atom. The summed E-state index contributed by atoms with van der Waals surface area (Å²) in [5.41, 5.74) is 0.878. The molecule has 1 amide bonds. The molecule has 0 radical (unpaired) electrons. The highest BCUT2D eigenvalue weighted by Gasteiger charge is 2.16. The van der Waals surface area contributed by atoms with Gasteiger partial charge in [0.1, 0.15) is 5.82 Å². The topological polar surface area (TPSA) is 88.3 Å². The second kappa shape index (κ2) is 7.48. The van der Waals surface area contributed by atoms with Crippen molar-refractivity contribution in [3.8, 4) is 0 Å². The Bertz CT molecular complexity index is 702. The zero-order chi connectivity index (χ0) is 16.8. The van der Waals surface area contributed by atoms with E-state index in [9.17, 15) is 14.0 Å². The lowest BCUT2D eigenvalue weighted by Crippen LogP contribution is -2.28. The van der Waals surface area contributed by atoms with Gasteiger partial charge in [0.25, 0.3) is 5.91 Å². The second-order valence-electron chi connectivity index (χ2n) is 5.16. The summed E-state index contributed by atoms with van der Waals surface area (Å²) >= 11 is 0. The van der Waals surface area contributed by atoms with Gasteiger partial charge < -0.3 is 10.0 Å². The maximum Gasteiger partial charge on any atom is 0.303 e. The lowest BCUT2D eigenvalue weighted by atomic mass is 10.2. The molecule has 0 aliphatic heterocycles. The number of carbonyl (C=O) groups is 2. The van der Waals surface area contributed by atoms with Gasteiger partial charge in [0.15, 0.2) is 5.69 Å². The van der Waals surface area contributed by atoms with E-state index in [1.54, 1.807) is 19.2 Å². The Morgan fingerprint density at radius 1 is 1.39 bits per heavy atom. The van der Waals surface area contributed by atoms with Crippen molar-refractivity contribution in [2.45, 2.75) is 19.4 Å². The highest BCUT2D eigenvalue weighted by atomic mass is 19.1. The first-order chi connectivity index (χ1) is 11.0. The maximum absolute atomic E-state index is 13.1. The van der Waals surface area contributed by atoms with Crippen LogP contribution in [-0.2, 0) is 11.3 Å². The molecule has 0 saturated carbocycles. The zero-order valence-electron chi connectivity index (χ0n) is 12.6. The molecule has 122 valence electrons. The van der Waals surface area contributed by atoms with Gasteiger partial charge >= 0.3 is 5.97 Å². The van der Waals surface area contributed by atoms with Gasteiger partial charge in [-0.25, -0.2) is 9.07 Å². The predicted molar refractivity (Wildman–Crippen MR) is 79.4 cm³/mol. The molecule has 1 aromatic carbocycles. The fraction of sp³-hybridized carbons (Fsp3) is 0.333. The molecule has 0 aliphatic rings. The Hall–Kier alpha value is -2.77. The van der Waals surface area contributed by atoms with Crippen molar-refractivity contribution in [1.82, 2.24) is 19.9 Å². The van der Waals surface area contributed by atoms with E-state index in [1.807, 2.05) is 0 Å². The van der Waals surface area contributed by atoms with Crippen molar-refractivity contribution in [2.75, 3.05) is 13.6 Å². The number of carbonyl (C=O) groups excluding carboxylic acids is 1. The molecule has 23 heavy (non-hydrogen) atoms. The molecule has 1 aromatic heterocycles. The van der Waals surface area contributed by atoms with Crippen molar-refractivity contribution in [3.63, 3.8) is 0 Å². The number of rotatable bonds is 7. The molecule has 0 fully saturated rings. The summed E-state index contributed by atoms with van der Waals surface area (Å²) in [6.45, 7) is 0.628. The monoisotopic (exact) mass is 320 g/mol. The number of aliphatic carboxylic acids is 1. The van der Waals surface area contributed by atoms with Crippen molar-refractivity contribution in [2.24, 2.45) is 0 Å². The number of amides is 1. The number of carboxylic acid groups (broad SMARTS) is 1. The molecule has 0 saturated heterocycles. The molecule has 7 nitrogen and oxygen atoms in total. The van der Waals surface area contributed by atoms with Gasteiger partial charge in [-0.3, -0.25) is 9.59 Å². The van der Waals surface area contributed by atoms with Crippen LogP contribution in [-0.4, -0.2) is 50.5 Å². The van der Waals surface area contributed by atoms with Gasteiger partial charge in [0.2, 0.25) is 0 Å².